The summed E-state index contributed by atoms with van der Waals surface area (Å²) in [6.45, 7) is 12.8. The molecule has 0 atom stereocenters. The van der Waals surface area contributed by atoms with Crippen LogP contribution in [0.3, 0.4) is 0 Å². The first-order valence-electron chi connectivity index (χ1n) is 33.3. The van der Waals surface area contributed by atoms with Crippen molar-refractivity contribution in [1.29, 1.82) is 0 Å². The van der Waals surface area contributed by atoms with E-state index in [1.807, 2.05) is 0 Å². The van der Waals surface area contributed by atoms with E-state index in [1.165, 1.54) is 156 Å². The topological polar surface area (TPSA) is 0 Å². The molecule has 464 valence electrons. The summed E-state index contributed by atoms with van der Waals surface area (Å²) in [7, 11) is 0. The summed E-state index contributed by atoms with van der Waals surface area (Å²) >= 11 is 0. The molecule has 0 bridgehead atoms. The van der Waals surface area contributed by atoms with E-state index >= 15 is 0 Å². The Bertz CT molecular complexity index is 4700. The third-order valence-electron chi connectivity index (χ3n) is 17.3. The Hall–Kier alpha value is -11.7. The molecule has 0 spiro atoms. The van der Waals surface area contributed by atoms with Crippen LogP contribution in [0.5, 0.6) is 0 Å². The van der Waals surface area contributed by atoms with Gasteiger partial charge in [-0.15, -0.1) is 0 Å². The predicted octanol–water partition coefficient (Wildman–Crippen LogP) is 26.9. The molecule has 96 heavy (non-hydrogen) atoms. The van der Waals surface area contributed by atoms with Gasteiger partial charge in [0.15, 0.2) is 0 Å². The van der Waals surface area contributed by atoms with Crippen LogP contribution in [0.4, 0.5) is 0 Å². The first-order valence-corrected chi connectivity index (χ1v) is 33.3. The number of benzene rings is 15. The fourth-order valence-corrected chi connectivity index (χ4v) is 13.4. The van der Waals surface area contributed by atoms with Crippen molar-refractivity contribution in [3.63, 3.8) is 0 Å². The first-order chi connectivity index (χ1) is 47.1. The monoisotopic (exact) mass is 1230 g/mol. The minimum absolute atomic E-state index is 1.20. The predicted molar refractivity (Wildman–Crippen MR) is 414 cm³/mol. The summed E-state index contributed by atoms with van der Waals surface area (Å²) in [6.07, 6.45) is 0. The molecule has 0 heteroatoms. The van der Waals surface area contributed by atoms with Crippen LogP contribution < -0.4 is 0 Å². The molecule has 0 saturated heterocycles. The molecule has 15 rings (SSSR count). The maximum atomic E-state index is 2.41. The quantitative estimate of drug-likeness (QED) is 0.121. The Morgan fingerprint density at radius 1 is 0.115 bits per heavy atom. The highest BCUT2D eigenvalue weighted by Crippen LogP contribution is 2.52. The van der Waals surface area contributed by atoms with Crippen molar-refractivity contribution in [3.8, 4) is 122 Å². The summed E-state index contributed by atoms with van der Waals surface area (Å²) < 4.78 is 0. The van der Waals surface area contributed by atoms with Gasteiger partial charge in [0.05, 0.1) is 0 Å². The van der Waals surface area contributed by atoms with Gasteiger partial charge < -0.3 is 0 Å². The molecule has 0 heterocycles. The number of hydrogen-bond acceptors (Lipinski definition) is 0. The van der Waals surface area contributed by atoms with Gasteiger partial charge in [0, 0.05) is 0 Å². The fraction of sp³-hybridized carbons (Fsp3) is 0.0625. The normalized spacial score (nSPS) is 10.6. The van der Waals surface area contributed by atoms with Gasteiger partial charge >= 0.3 is 0 Å². The Morgan fingerprint density at radius 3 is 0.510 bits per heavy atom. The van der Waals surface area contributed by atoms with Crippen LogP contribution in [0.15, 0.2) is 376 Å². The van der Waals surface area contributed by atoms with E-state index < -0.39 is 0 Å². The minimum Gasteiger partial charge on any atom is -0.0622 e. The van der Waals surface area contributed by atoms with Gasteiger partial charge in [0.25, 0.3) is 0 Å². The van der Waals surface area contributed by atoms with E-state index in [2.05, 4.69) is 418 Å². The van der Waals surface area contributed by atoms with Crippen molar-refractivity contribution in [2.24, 2.45) is 0 Å². The highest BCUT2D eigenvalue weighted by molar-refractivity contribution is 6.09. The van der Waals surface area contributed by atoms with Crippen molar-refractivity contribution in [2.75, 3.05) is 0 Å². The second kappa shape index (κ2) is 31.3. The Balaban J connectivity index is 0.000000146. The average Bonchev–Trinajstić information content (AvgIpc) is 0.746. The summed E-state index contributed by atoms with van der Waals surface area (Å²) in [5, 5.41) is 0. The second-order valence-corrected chi connectivity index (χ2v) is 24.8. The molecule has 0 amide bonds. The number of hydrogen-bond donors (Lipinski definition) is 0. The minimum atomic E-state index is 1.20. The standard InChI is InChI=1S/C42H30.C36H26.2C9H12/c1-6-17-31(18-7-1)36-27-16-28-37(29-36)39-30-38(32-19-8-2-9-20-32)40(33-21-10-3-11-22-33)42(35-25-14-5-15-26-35)41(39)34-23-12-4-13-24-34;1-6-16-27(17-7-1)32-26-33(28-18-8-2-9-19-28)35(30-22-12-4-13-23-30)36(31-24-14-5-15-25-31)34(32)29-20-10-3-11-21-29;2*1-7-4-8(2)6-9(3)5-7/h1-30H;1-26H;2*4-6H,1-3H3. The molecule has 0 aliphatic heterocycles. The molecular weight excluding hydrogens is 1150 g/mol. The zero-order valence-corrected chi connectivity index (χ0v) is 55.8. The molecule has 15 aromatic rings. The molecule has 0 aliphatic rings. The molecular formula is C96H80. The summed E-state index contributed by atoms with van der Waals surface area (Å²) in [5.74, 6) is 0. The van der Waals surface area contributed by atoms with Gasteiger partial charge in [-0.05, 0) is 182 Å². The summed E-state index contributed by atoms with van der Waals surface area (Å²) in [6, 6.07) is 135. The van der Waals surface area contributed by atoms with Gasteiger partial charge in [-0.1, -0.05) is 391 Å². The molecule has 0 aliphatic carbocycles. The smallest absolute Gasteiger partial charge is 0.00143 e. The zero-order valence-electron chi connectivity index (χ0n) is 55.8. The Kier molecular flexibility index (Phi) is 21.0. The van der Waals surface area contributed by atoms with E-state index in [0.717, 1.165) is 0 Å². The largest absolute Gasteiger partial charge is 0.0622 e. The molecule has 0 nitrogen and oxygen atoms in total. The third-order valence-corrected chi connectivity index (χ3v) is 17.3. The molecule has 0 saturated carbocycles. The number of aryl methyl sites for hydroxylation is 6. The average molecular weight is 1230 g/mol. The van der Waals surface area contributed by atoms with Gasteiger partial charge in [-0.2, -0.15) is 0 Å². The first kappa shape index (κ1) is 64.4. The Morgan fingerprint density at radius 2 is 0.281 bits per heavy atom. The molecule has 15 aromatic carbocycles. The van der Waals surface area contributed by atoms with E-state index in [9.17, 15) is 0 Å². The van der Waals surface area contributed by atoms with Crippen LogP contribution in [0.1, 0.15) is 33.4 Å². The maximum Gasteiger partial charge on any atom is -0.00143 e. The van der Waals surface area contributed by atoms with Crippen LogP contribution in [-0.4, -0.2) is 0 Å². The summed E-state index contributed by atoms with van der Waals surface area (Å²) in [5.41, 5.74) is 35.0. The SMILES string of the molecule is Cc1cc(C)cc(C)c1.Cc1cc(C)cc(C)c1.c1ccc(-c2cc(-c3ccccc3)c(-c3ccccc3)c(-c3ccccc3)c2-c2ccccc2)cc1.c1ccc(-c2cccc(-c3cc(-c4ccccc4)c(-c4ccccc4)c(-c4ccccc4)c3-c3ccccc3)c2)cc1. The Labute approximate surface area is 569 Å². The van der Waals surface area contributed by atoms with E-state index in [-0.39, 0.29) is 0 Å². The summed E-state index contributed by atoms with van der Waals surface area (Å²) in [4.78, 5) is 0. The van der Waals surface area contributed by atoms with Crippen LogP contribution in [0, 0.1) is 41.5 Å². The zero-order chi connectivity index (χ0) is 66.0. The third kappa shape index (κ3) is 15.7. The number of rotatable bonds is 11. The molecule has 0 N–H and O–H groups in total. The van der Waals surface area contributed by atoms with Crippen molar-refractivity contribution in [2.45, 2.75) is 41.5 Å². The van der Waals surface area contributed by atoms with Gasteiger partial charge in [-0.3, -0.25) is 0 Å². The van der Waals surface area contributed by atoms with Crippen molar-refractivity contribution >= 4 is 0 Å². The van der Waals surface area contributed by atoms with Crippen molar-refractivity contribution in [1.82, 2.24) is 0 Å². The van der Waals surface area contributed by atoms with Crippen molar-refractivity contribution in [3.05, 3.63) is 409 Å². The fourth-order valence-electron chi connectivity index (χ4n) is 13.4. The maximum absolute atomic E-state index is 2.41. The van der Waals surface area contributed by atoms with Gasteiger partial charge in [0.2, 0.25) is 0 Å². The van der Waals surface area contributed by atoms with E-state index in [1.54, 1.807) is 0 Å². The lowest BCUT2D eigenvalue weighted by atomic mass is 9.78. The highest BCUT2D eigenvalue weighted by Gasteiger charge is 2.26. The van der Waals surface area contributed by atoms with Gasteiger partial charge in [-0.25, -0.2) is 0 Å². The van der Waals surface area contributed by atoms with Crippen LogP contribution >= 0.6 is 0 Å². The lowest BCUT2D eigenvalue weighted by molar-refractivity contribution is 1.32. The molecule has 0 fully saturated rings. The van der Waals surface area contributed by atoms with Crippen LogP contribution in [0.2, 0.25) is 0 Å². The molecule has 0 unspecified atom stereocenters. The lowest BCUT2D eigenvalue weighted by Gasteiger charge is -2.24. The van der Waals surface area contributed by atoms with E-state index in [4.69, 9.17) is 0 Å². The highest BCUT2D eigenvalue weighted by atomic mass is 14.3. The molecule has 0 radical (unpaired) electrons. The lowest BCUT2D eigenvalue weighted by Crippen LogP contribution is -1.98. The molecule has 0 aromatic heterocycles. The van der Waals surface area contributed by atoms with Crippen LogP contribution in [0.25, 0.3) is 122 Å². The van der Waals surface area contributed by atoms with Crippen molar-refractivity contribution < 1.29 is 0 Å². The second-order valence-electron chi connectivity index (χ2n) is 24.8. The van der Waals surface area contributed by atoms with Crippen LogP contribution in [-0.2, 0) is 0 Å². The van der Waals surface area contributed by atoms with E-state index in [0.29, 0.717) is 0 Å². The van der Waals surface area contributed by atoms with Gasteiger partial charge in [0.1, 0.15) is 0 Å².